The Kier molecular flexibility index (Phi) is 2.29. The summed E-state index contributed by atoms with van der Waals surface area (Å²) < 4.78 is 5.83. The molecule has 2 heteroatoms. The Labute approximate surface area is 99.7 Å². The first kappa shape index (κ1) is 9.98. The molecule has 1 unspecified atom stereocenters. The van der Waals surface area contributed by atoms with E-state index in [4.69, 9.17) is 16.0 Å². The Hall–Kier alpha value is -1.21. The molecule has 0 spiro atoms. The maximum atomic E-state index is 6.06. The summed E-state index contributed by atoms with van der Waals surface area (Å²) in [5, 5.41) is 1.35. The fraction of sp³-hybridized carbons (Fsp3) is 0.286. The van der Waals surface area contributed by atoms with Crippen molar-refractivity contribution in [3.05, 3.63) is 41.7 Å². The van der Waals surface area contributed by atoms with Crippen LogP contribution < -0.4 is 0 Å². The van der Waals surface area contributed by atoms with Gasteiger partial charge in [-0.3, -0.25) is 0 Å². The smallest absolute Gasteiger partial charge is 0.134 e. The van der Waals surface area contributed by atoms with E-state index < -0.39 is 0 Å². The van der Waals surface area contributed by atoms with E-state index in [2.05, 4.69) is 31.2 Å². The number of aryl methyl sites for hydroxylation is 1. The predicted octanol–water partition coefficient (Wildman–Crippen LogP) is 4.53. The normalized spacial score (nSPS) is 20.4. The first-order chi connectivity index (χ1) is 7.72. The maximum absolute atomic E-state index is 6.06. The third kappa shape index (κ3) is 1.65. The summed E-state index contributed by atoms with van der Waals surface area (Å²) in [5.41, 5.74) is 3.46. The van der Waals surface area contributed by atoms with E-state index in [0.29, 0.717) is 0 Å². The van der Waals surface area contributed by atoms with Crippen LogP contribution in [-0.2, 0) is 0 Å². The van der Waals surface area contributed by atoms with Crippen molar-refractivity contribution in [1.82, 2.24) is 0 Å². The Morgan fingerprint density at radius 2 is 2.19 bits per heavy atom. The van der Waals surface area contributed by atoms with Crippen molar-refractivity contribution in [2.45, 2.75) is 25.1 Å². The zero-order valence-electron chi connectivity index (χ0n) is 9.16. The summed E-state index contributed by atoms with van der Waals surface area (Å²) in [5.74, 6) is 0.976. The van der Waals surface area contributed by atoms with Gasteiger partial charge in [0.25, 0.3) is 0 Å². The summed E-state index contributed by atoms with van der Waals surface area (Å²) >= 11 is 6.06. The molecule has 1 nitrogen and oxygen atoms in total. The van der Waals surface area contributed by atoms with Gasteiger partial charge in [0.15, 0.2) is 0 Å². The molecule has 1 aliphatic rings. The highest BCUT2D eigenvalue weighted by Gasteiger charge is 2.17. The van der Waals surface area contributed by atoms with Crippen molar-refractivity contribution in [2.75, 3.05) is 0 Å². The molecule has 0 radical (unpaired) electrons. The number of halogens is 1. The van der Waals surface area contributed by atoms with Gasteiger partial charge in [0.2, 0.25) is 0 Å². The minimum absolute atomic E-state index is 0.171. The summed E-state index contributed by atoms with van der Waals surface area (Å²) in [4.78, 5) is 0. The standard InChI is InChI=1S/C14H13ClO/c1-9-2-5-13-11(6-9)8-14(16-13)10-3-4-12(15)7-10/h2,5-8,12H,3-4H2,1H3. The number of hydrogen-bond donors (Lipinski definition) is 0. The van der Waals surface area contributed by atoms with Gasteiger partial charge in [0.1, 0.15) is 11.3 Å². The molecule has 1 aliphatic carbocycles. The van der Waals surface area contributed by atoms with Gasteiger partial charge in [-0.1, -0.05) is 17.7 Å². The molecule has 1 atom stereocenters. The van der Waals surface area contributed by atoms with Gasteiger partial charge in [-0.05, 0) is 43.5 Å². The number of benzene rings is 1. The molecular formula is C14H13ClO. The van der Waals surface area contributed by atoms with Crippen molar-refractivity contribution >= 4 is 28.1 Å². The molecule has 2 aromatic rings. The first-order valence-corrected chi connectivity index (χ1v) is 6.01. The monoisotopic (exact) mass is 232 g/mol. The van der Waals surface area contributed by atoms with Crippen LogP contribution in [0.2, 0.25) is 0 Å². The first-order valence-electron chi connectivity index (χ1n) is 5.58. The van der Waals surface area contributed by atoms with E-state index in [-0.39, 0.29) is 5.38 Å². The van der Waals surface area contributed by atoms with Gasteiger partial charge < -0.3 is 4.42 Å². The second-order valence-electron chi connectivity index (χ2n) is 4.40. The van der Waals surface area contributed by atoms with Gasteiger partial charge in [0.05, 0.1) is 5.38 Å². The highest BCUT2D eigenvalue weighted by atomic mass is 35.5. The zero-order chi connectivity index (χ0) is 11.1. The number of fused-ring (bicyclic) bond motifs is 1. The van der Waals surface area contributed by atoms with Crippen molar-refractivity contribution in [3.63, 3.8) is 0 Å². The fourth-order valence-corrected chi connectivity index (χ4v) is 2.47. The van der Waals surface area contributed by atoms with E-state index in [1.165, 1.54) is 16.5 Å². The van der Waals surface area contributed by atoms with Crippen molar-refractivity contribution in [3.8, 4) is 0 Å². The van der Waals surface area contributed by atoms with E-state index in [9.17, 15) is 0 Å². The lowest BCUT2D eigenvalue weighted by molar-refractivity contribution is 0.597. The van der Waals surface area contributed by atoms with Crippen LogP contribution in [0.4, 0.5) is 0 Å². The second-order valence-corrected chi connectivity index (χ2v) is 4.96. The second kappa shape index (κ2) is 3.67. The summed E-state index contributed by atoms with van der Waals surface area (Å²) in [6.07, 6.45) is 4.14. The van der Waals surface area contributed by atoms with E-state index in [0.717, 1.165) is 24.2 Å². The number of allylic oxidation sites excluding steroid dienone is 2. The Morgan fingerprint density at radius 3 is 2.94 bits per heavy atom. The molecule has 1 aromatic heterocycles. The Balaban J connectivity index is 2.09. The number of rotatable bonds is 1. The third-order valence-corrected chi connectivity index (χ3v) is 3.40. The maximum Gasteiger partial charge on any atom is 0.134 e. The molecule has 0 fully saturated rings. The average Bonchev–Trinajstić information content (AvgIpc) is 2.83. The molecule has 1 aromatic carbocycles. The van der Waals surface area contributed by atoms with Crippen LogP contribution in [0.1, 0.15) is 24.2 Å². The Morgan fingerprint density at radius 1 is 1.31 bits per heavy atom. The van der Waals surface area contributed by atoms with Crippen LogP contribution >= 0.6 is 11.6 Å². The van der Waals surface area contributed by atoms with Crippen LogP contribution in [0.25, 0.3) is 16.5 Å². The van der Waals surface area contributed by atoms with Gasteiger partial charge >= 0.3 is 0 Å². The molecular weight excluding hydrogens is 220 g/mol. The minimum atomic E-state index is 0.171. The molecule has 0 saturated heterocycles. The third-order valence-electron chi connectivity index (χ3n) is 3.06. The molecule has 0 saturated carbocycles. The van der Waals surface area contributed by atoms with Crippen LogP contribution in [0.5, 0.6) is 0 Å². The van der Waals surface area contributed by atoms with Gasteiger partial charge in [-0.25, -0.2) is 0 Å². The lowest BCUT2D eigenvalue weighted by atomic mass is 10.1. The highest BCUT2D eigenvalue weighted by molar-refractivity contribution is 6.22. The van der Waals surface area contributed by atoms with Crippen LogP contribution in [0.3, 0.4) is 0 Å². The molecule has 1 heterocycles. The van der Waals surface area contributed by atoms with Crippen molar-refractivity contribution in [1.29, 1.82) is 0 Å². The van der Waals surface area contributed by atoms with Gasteiger partial charge in [0, 0.05) is 5.39 Å². The minimum Gasteiger partial charge on any atom is -0.456 e. The SMILES string of the molecule is Cc1ccc2oc(C3=CC(Cl)CC3)cc2c1. The molecule has 3 rings (SSSR count). The topological polar surface area (TPSA) is 13.1 Å². The number of alkyl halides is 1. The quantitative estimate of drug-likeness (QED) is 0.659. The molecule has 0 amide bonds. The molecule has 0 aliphatic heterocycles. The lowest BCUT2D eigenvalue weighted by Gasteiger charge is -1.93. The van der Waals surface area contributed by atoms with E-state index >= 15 is 0 Å². The van der Waals surface area contributed by atoms with Crippen LogP contribution in [-0.4, -0.2) is 5.38 Å². The summed E-state index contributed by atoms with van der Waals surface area (Å²) in [7, 11) is 0. The summed E-state index contributed by atoms with van der Waals surface area (Å²) in [6.45, 7) is 2.09. The average molecular weight is 233 g/mol. The Bertz CT molecular complexity index is 565. The largest absolute Gasteiger partial charge is 0.456 e. The summed E-state index contributed by atoms with van der Waals surface area (Å²) in [6, 6.07) is 8.37. The fourth-order valence-electron chi connectivity index (χ4n) is 2.20. The molecule has 82 valence electrons. The van der Waals surface area contributed by atoms with Crippen molar-refractivity contribution < 1.29 is 4.42 Å². The number of hydrogen-bond acceptors (Lipinski definition) is 1. The van der Waals surface area contributed by atoms with Crippen LogP contribution in [0, 0.1) is 6.92 Å². The zero-order valence-corrected chi connectivity index (χ0v) is 9.92. The highest BCUT2D eigenvalue weighted by Crippen LogP contribution is 2.33. The van der Waals surface area contributed by atoms with E-state index in [1.807, 2.05) is 6.07 Å². The molecule has 16 heavy (non-hydrogen) atoms. The molecule has 0 bridgehead atoms. The van der Waals surface area contributed by atoms with Gasteiger partial charge in [-0.15, -0.1) is 11.6 Å². The van der Waals surface area contributed by atoms with Gasteiger partial charge in [-0.2, -0.15) is 0 Å². The van der Waals surface area contributed by atoms with E-state index in [1.54, 1.807) is 0 Å². The molecule has 0 N–H and O–H groups in total. The lowest BCUT2D eigenvalue weighted by Crippen LogP contribution is -1.81. The number of furan rings is 1. The van der Waals surface area contributed by atoms with Crippen LogP contribution in [0.15, 0.2) is 34.8 Å². The van der Waals surface area contributed by atoms with Crippen molar-refractivity contribution in [2.24, 2.45) is 0 Å². The predicted molar refractivity (Wildman–Crippen MR) is 67.8 cm³/mol.